The number of benzene rings is 4. The van der Waals surface area contributed by atoms with Crippen molar-refractivity contribution in [1.29, 1.82) is 0 Å². The minimum atomic E-state index is 0. The van der Waals surface area contributed by atoms with E-state index in [9.17, 15) is 0 Å². The maximum atomic E-state index is 5.61. The molecule has 0 spiro atoms. The molecular formula is C25H32N4S2. The number of hydrogen-bond acceptors (Lipinski definition) is 4. The van der Waals surface area contributed by atoms with Crippen molar-refractivity contribution in [3.05, 3.63) is 97.1 Å². The summed E-state index contributed by atoms with van der Waals surface area (Å²) in [7, 11) is 0. The highest BCUT2D eigenvalue weighted by Crippen LogP contribution is 2.22. The van der Waals surface area contributed by atoms with Crippen LogP contribution in [0, 0.1) is 0 Å². The molecule has 4 nitrogen and oxygen atoms in total. The van der Waals surface area contributed by atoms with Crippen molar-refractivity contribution in [3.63, 3.8) is 0 Å². The molecule has 0 aliphatic heterocycles. The molecule has 4 aromatic rings. The molecule has 0 unspecified atom stereocenters. The number of anilines is 4. The summed E-state index contributed by atoms with van der Waals surface area (Å²) in [6.45, 7) is 0. The van der Waals surface area contributed by atoms with Crippen LogP contribution < -0.4 is 22.9 Å². The molecule has 0 fully saturated rings. The van der Waals surface area contributed by atoms with E-state index >= 15 is 0 Å². The first-order chi connectivity index (χ1) is 13.5. The van der Waals surface area contributed by atoms with Crippen LogP contribution in [-0.4, -0.2) is 0 Å². The van der Waals surface area contributed by atoms with Crippen LogP contribution in [0.25, 0.3) is 22.3 Å². The third-order valence-electron chi connectivity index (χ3n) is 4.31. The highest BCUT2D eigenvalue weighted by Gasteiger charge is 1.97. The Morgan fingerprint density at radius 2 is 0.419 bits per heavy atom. The van der Waals surface area contributed by atoms with E-state index in [-0.39, 0.29) is 34.4 Å². The van der Waals surface area contributed by atoms with Crippen LogP contribution in [0.3, 0.4) is 0 Å². The number of hydrogen-bond donors (Lipinski definition) is 4. The van der Waals surface area contributed by atoms with Gasteiger partial charge in [-0.15, -0.1) is 0 Å². The van der Waals surface area contributed by atoms with E-state index in [1.807, 2.05) is 97.1 Å². The summed E-state index contributed by atoms with van der Waals surface area (Å²) in [4.78, 5) is 0. The van der Waals surface area contributed by atoms with Gasteiger partial charge in [-0.3, -0.25) is 0 Å². The second-order valence-corrected chi connectivity index (χ2v) is 6.49. The highest BCUT2D eigenvalue weighted by atomic mass is 32.1. The van der Waals surface area contributed by atoms with Crippen LogP contribution in [0.4, 0.5) is 22.7 Å². The van der Waals surface area contributed by atoms with Gasteiger partial charge in [0, 0.05) is 22.7 Å². The first-order valence-corrected chi connectivity index (χ1v) is 8.94. The molecule has 0 saturated carbocycles. The minimum absolute atomic E-state index is 0. The molecule has 164 valence electrons. The van der Waals surface area contributed by atoms with Gasteiger partial charge in [-0.2, -0.15) is 27.0 Å². The van der Waals surface area contributed by atoms with Crippen molar-refractivity contribution >= 4 is 49.7 Å². The van der Waals surface area contributed by atoms with Gasteiger partial charge in [0.2, 0.25) is 0 Å². The van der Waals surface area contributed by atoms with Crippen molar-refractivity contribution in [1.82, 2.24) is 0 Å². The van der Waals surface area contributed by atoms with Crippen molar-refractivity contribution in [2.24, 2.45) is 0 Å². The van der Waals surface area contributed by atoms with Crippen molar-refractivity contribution in [3.8, 4) is 22.3 Å². The van der Waals surface area contributed by atoms with Crippen LogP contribution in [0.2, 0.25) is 0 Å². The highest BCUT2D eigenvalue weighted by molar-refractivity contribution is 7.59. The topological polar surface area (TPSA) is 104 Å². The Kier molecular flexibility index (Phi) is 11.8. The first kappa shape index (κ1) is 27.8. The normalized spacial score (nSPS) is 9.03. The molecule has 6 heteroatoms. The van der Waals surface area contributed by atoms with E-state index in [2.05, 4.69) is 0 Å². The predicted octanol–water partition coefficient (Wildman–Crippen LogP) is 5.90. The fourth-order valence-electron chi connectivity index (χ4n) is 2.70. The molecule has 0 aliphatic rings. The smallest absolute Gasteiger partial charge is 0.0314 e. The fraction of sp³-hybridized carbons (Fsp3) is 0.0400. The van der Waals surface area contributed by atoms with Gasteiger partial charge in [-0.05, 0) is 70.8 Å². The summed E-state index contributed by atoms with van der Waals surface area (Å²) in [5, 5.41) is 0. The number of rotatable bonds is 2. The Morgan fingerprint density at radius 3 is 0.548 bits per heavy atom. The zero-order valence-electron chi connectivity index (χ0n) is 16.5. The summed E-state index contributed by atoms with van der Waals surface area (Å²) in [5.74, 6) is 0. The van der Waals surface area contributed by atoms with E-state index in [0.717, 1.165) is 45.0 Å². The molecule has 0 saturated heterocycles. The third kappa shape index (κ3) is 8.20. The van der Waals surface area contributed by atoms with Crippen LogP contribution >= 0.6 is 27.0 Å². The molecule has 0 bridgehead atoms. The van der Waals surface area contributed by atoms with Crippen LogP contribution in [-0.2, 0) is 0 Å². The molecule has 4 aromatic carbocycles. The third-order valence-corrected chi connectivity index (χ3v) is 4.31. The quantitative estimate of drug-likeness (QED) is 0.284. The predicted molar refractivity (Wildman–Crippen MR) is 149 cm³/mol. The van der Waals surface area contributed by atoms with Gasteiger partial charge in [-0.25, -0.2) is 0 Å². The Morgan fingerprint density at radius 1 is 0.290 bits per heavy atom. The first-order valence-electron chi connectivity index (χ1n) is 8.94. The van der Waals surface area contributed by atoms with Gasteiger partial charge in [0.25, 0.3) is 0 Å². The van der Waals surface area contributed by atoms with Crippen LogP contribution in [0.1, 0.15) is 7.43 Å². The molecule has 4 rings (SSSR count). The van der Waals surface area contributed by atoms with Crippen LogP contribution in [0.5, 0.6) is 0 Å². The molecule has 0 aliphatic carbocycles. The lowest BCUT2D eigenvalue weighted by Crippen LogP contribution is -1.85. The van der Waals surface area contributed by atoms with E-state index in [0.29, 0.717) is 0 Å². The Bertz CT molecular complexity index is 841. The van der Waals surface area contributed by atoms with Crippen molar-refractivity contribution in [2.75, 3.05) is 22.9 Å². The average molecular weight is 453 g/mol. The largest absolute Gasteiger partial charge is 0.399 e. The summed E-state index contributed by atoms with van der Waals surface area (Å²) in [5.41, 5.74) is 30.2. The van der Waals surface area contributed by atoms with E-state index in [1.54, 1.807) is 0 Å². The molecule has 0 atom stereocenters. The van der Waals surface area contributed by atoms with E-state index in [1.165, 1.54) is 0 Å². The minimum Gasteiger partial charge on any atom is -0.399 e. The zero-order valence-corrected chi connectivity index (χ0v) is 18.5. The van der Waals surface area contributed by atoms with Crippen LogP contribution in [0.15, 0.2) is 97.1 Å². The van der Waals surface area contributed by atoms with E-state index < -0.39 is 0 Å². The van der Waals surface area contributed by atoms with Gasteiger partial charge in [-0.1, -0.05) is 56.0 Å². The maximum absolute atomic E-state index is 5.61. The molecule has 31 heavy (non-hydrogen) atoms. The van der Waals surface area contributed by atoms with Gasteiger partial charge in [0.05, 0.1) is 0 Å². The summed E-state index contributed by atoms with van der Waals surface area (Å²) >= 11 is 0. The van der Waals surface area contributed by atoms with Crippen molar-refractivity contribution < 1.29 is 0 Å². The summed E-state index contributed by atoms with van der Waals surface area (Å²) < 4.78 is 0. The summed E-state index contributed by atoms with van der Waals surface area (Å²) in [6, 6.07) is 31.2. The molecule has 0 aromatic heterocycles. The Hall–Kier alpha value is -3.22. The fourth-order valence-corrected chi connectivity index (χ4v) is 2.70. The lowest BCUT2D eigenvalue weighted by Gasteiger charge is -2.02. The molecule has 8 N–H and O–H groups in total. The van der Waals surface area contributed by atoms with Gasteiger partial charge in [0.15, 0.2) is 0 Å². The Labute approximate surface area is 199 Å². The lowest BCUT2D eigenvalue weighted by molar-refractivity contribution is 1.61. The average Bonchev–Trinajstić information content (AvgIpc) is 2.71. The standard InChI is InChI=1S/2C12H12N2.CH4.2H2S/c2*13-11-5-1-9(2-6-11)10-3-7-12(14)8-4-10;;;/h2*1-8H,13-14H2;1H4;2*1H2. The number of nitrogen functional groups attached to an aromatic ring is 4. The van der Waals surface area contributed by atoms with E-state index in [4.69, 9.17) is 22.9 Å². The zero-order chi connectivity index (χ0) is 19.9. The van der Waals surface area contributed by atoms with Gasteiger partial charge >= 0.3 is 0 Å². The molecule has 0 radical (unpaired) electrons. The maximum Gasteiger partial charge on any atom is 0.0314 e. The SMILES string of the molecule is C.Nc1ccc(-c2ccc(N)cc2)cc1.Nc1ccc(-c2ccc(N)cc2)cc1.S.S. The van der Waals surface area contributed by atoms with Gasteiger partial charge in [0.1, 0.15) is 0 Å². The number of nitrogens with two attached hydrogens (primary N) is 4. The molecular weight excluding hydrogens is 420 g/mol. The summed E-state index contributed by atoms with van der Waals surface area (Å²) in [6.07, 6.45) is 0. The second kappa shape index (κ2) is 13.2. The van der Waals surface area contributed by atoms with Crippen molar-refractivity contribution in [2.45, 2.75) is 7.43 Å². The lowest BCUT2D eigenvalue weighted by atomic mass is 10.1. The second-order valence-electron chi connectivity index (χ2n) is 6.49. The molecule has 0 heterocycles. The molecule has 0 amide bonds. The Balaban J connectivity index is 0.000000529. The monoisotopic (exact) mass is 452 g/mol. The van der Waals surface area contributed by atoms with Gasteiger partial charge < -0.3 is 22.9 Å².